The highest BCUT2D eigenvalue weighted by Gasteiger charge is 2.25. The van der Waals surface area contributed by atoms with Crippen molar-refractivity contribution in [2.24, 2.45) is 10.9 Å². The smallest absolute Gasteiger partial charge is 0.193 e. The Bertz CT molecular complexity index is 481. The third kappa shape index (κ3) is 5.59. The van der Waals surface area contributed by atoms with E-state index < -0.39 is 0 Å². The summed E-state index contributed by atoms with van der Waals surface area (Å²) >= 11 is 5.90. The number of guanidine groups is 1. The van der Waals surface area contributed by atoms with Crippen LogP contribution in [0.25, 0.3) is 0 Å². The predicted octanol–water partition coefficient (Wildman–Crippen LogP) is 3.13. The van der Waals surface area contributed by atoms with Crippen LogP contribution in [-0.4, -0.2) is 42.7 Å². The number of halogens is 2. The predicted molar refractivity (Wildman–Crippen MR) is 103 cm³/mol. The van der Waals surface area contributed by atoms with E-state index in [2.05, 4.69) is 15.2 Å². The number of rotatable bonds is 4. The molecule has 22 heavy (non-hydrogen) atoms. The molecule has 0 bridgehead atoms. The van der Waals surface area contributed by atoms with Crippen molar-refractivity contribution in [1.29, 1.82) is 0 Å². The molecule has 6 heteroatoms. The number of aliphatic hydroxyl groups is 1. The van der Waals surface area contributed by atoms with Crippen LogP contribution in [0.5, 0.6) is 0 Å². The van der Waals surface area contributed by atoms with Gasteiger partial charge in [-0.25, -0.2) is 0 Å². The van der Waals surface area contributed by atoms with Gasteiger partial charge in [-0.2, -0.15) is 0 Å². The first-order valence-corrected chi connectivity index (χ1v) is 7.82. The molecule has 0 saturated heterocycles. The molecule has 0 heterocycles. The first-order chi connectivity index (χ1) is 10.1. The molecule has 4 nitrogen and oxygen atoms in total. The third-order valence-corrected chi connectivity index (χ3v) is 4.30. The average Bonchev–Trinajstić information content (AvgIpc) is 2.88. The van der Waals surface area contributed by atoms with Crippen LogP contribution < -0.4 is 5.32 Å². The van der Waals surface area contributed by atoms with Gasteiger partial charge in [0.05, 0.1) is 6.10 Å². The Morgan fingerprint density at radius 2 is 2.05 bits per heavy atom. The lowest BCUT2D eigenvalue weighted by Crippen LogP contribution is -2.41. The van der Waals surface area contributed by atoms with Crippen LogP contribution in [0.2, 0.25) is 5.02 Å². The van der Waals surface area contributed by atoms with Gasteiger partial charge in [0.25, 0.3) is 0 Å². The first kappa shape index (κ1) is 19.5. The molecule has 2 rings (SSSR count). The maximum absolute atomic E-state index is 9.87. The van der Waals surface area contributed by atoms with Crippen LogP contribution in [0, 0.1) is 5.92 Å². The van der Waals surface area contributed by atoms with Gasteiger partial charge in [0.2, 0.25) is 0 Å². The second-order valence-electron chi connectivity index (χ2n) is 5.67. The van der Waals surface area contributed by atoms with Crippen LogP contribution >= 0.6 is 35.6 Å². The molecule has 1 aliphatic carbocycles. The van der Waals surface area contributed by atoms with Gasteiger partial charge in [0.1, 0.15) is 0 Å². The van der Waals surface area contributed by atoms with Crippen molar-refractivity contribution in [3.8, 4) is 0 Å². The van der Waals surface area contributed by atoms with E-state index >= 15 is 0 Å². The monoisotopic (exact) mass is 437 g/mol. The molecule has 1 saturated carbocycles. The van der Waals surface area contributed by atoms with Gasteiger partial charge in [0, 0.05) is 38.1 Å². The number of aliphatic hydroxyl groups excluding tert-OH is 1. The molecule has 2 atom stereocenters. The van der Waals surface area contributed by atoms with E-state index in [0.29, 0.717) is 5.92 Å². The lowest BCUT2D eigenvalue weighted by Gasteiger charge is -2.24. The molecular weight excluding hydrogens is 413 g/mol. The fourth-order valence-electron chi connectivity index (χ4n) is 2.80. The quantitative estimate of drug-likeness (QED) is 0.432. The average molecular weight is 438 g/mol. The van der Waals surface area contributed by atoms with Crippen molar-refractivity contribution >= 4 is 41.5 Å². The van der Waals surface area contributed by atoms with Crippen molar-refractivity contribution in [2.45, 2.75) is 31.9 Å². The van der Waals surface area contributed by atoms with Gasteiger partial charge in [-0.1, -0.05) is 30.2 Å². The summed E-state index contributed by atoms with van der Waals surface area (Å²) in [5, 5.41) is 14.0. The topological polar surface area (TPSA) is 47.9 Å². The van der Waals surface area contributed by atoms with E-state index in [1.165, 1.54) is 5.56 Å². The summed E-state index contributed by atoms with van der Waals surface area (Å²) in [5.41, 5.74) is 1.19. The number of benzene rings is 1. The Hall–Kier alpha value is -0.530. The lowest BCUT2D eigenvalue weighted by molar-refractivity contribution is 0.134. The summed E-state index contributed by atoms with van der Waals surface area (Å²) in [6.45, 7) is 1.54. The van der Waals surface area contributed by atoms with E-state index in [4.69, 9.17) is 11.6 Å². The minimum Gasteiger partial charge on any atom is -0.393 e. The van der Waals surface area contributed by atoms with Gasteiger partial charge in [-0.3, -0.25) is 4.99 Å². The molecule has 1 fully saturated rings. The number of aliphatic imine (C=N–C) groups is 1. The summed E-state index contributed by atoms with van der Waals surface area (Å²) < 4.78 is 0. The number of nitrogens with one attached hydrogen (secondary N) is 1. The van der Waals surface area contributed by atoms with E-state index in [1.54, 1.807) is 7.05 Å². The Morgan fingerprint density at radius 1 is 1.36 bits per heavy atom. The van der Waals surface area contributed by atoms with Crippen molar-refractivity contribution in [1.82, 2.24) is 10.2 Å². The maximum Gasteiger partial charge on any atom is 0.193 e. The second-order valence-corrected chi connectivity index (χ2v) is 6.11. The van der Waals surface area contributed by atoms with Crippen LogP contribution in [0.15, 0.2) is 29.3 Å². The zero-order chi connectivity index (χ0) is 15.2. The van der Waals surface area contributed by atoms with E-state index in [1.807, 2.05) is 31.3 Å². The summed E-state index contributed by atoms with van der Waals surface area (Å²) in [6, 6.07) is 7.84. The second kappa shape index (κ2) is 9.57. The summed E-state index contributed by atoms with van der Waals surface area (Å²) in [4.78, 5) is 6.39. The Balaban J connectivity index is 0.00000242. The molecular formula is C16H25ClIN3O. The number of hydrogen-bond donors (Lipinski definition) is 2. The van der Waals surface area contributed by atoms with Gasteiger partial charge < -0.3 is 15.3 Å². The molecule has 2 N–H and O–H groups in total. The van der Waals surface area contributed by atoms with Gasteiger partial charge >= 0.3 is 0 Å². The molecule has 2 unspecified atom stereocenters. The SMILES string of the molecule is CN=C(NCC1CCCC1O)N(C)Cc1ccc(Cl)cc1.I. The Labute approximate surface area is 155 Å². The van der Waals surface area contributed by atoms with Crippen LogP contribution in [0.3, 0.4) is 0 Å². The van der Waals surface area contributed by atoms with Gasteiger partial charge in [0.15, 0.2) is 5.96 Å². The highest BCUT2D eigenvalue weighted by molar-refractivity contribution is 14.0. The summed E-state index contributed by atoms with van der Waals surface area (Å²) in [7, 11) is 3.79. The van der Waals surface area contributed by atoms with Crippen LogP contribution in [0.4, 0.5) is 0 Å². The van der Waals surface area contributed by atoms with Crippen LogP contribution in [0.1, 0.15) is 24.8 Å². The summed E-state index contributed by atoms with van der Waals surface area (Å²) in [5.74, 6) is 1.19. The largest absolute Gasteiger partial charge is 0.393 e. The molecule has 1 aliphatic rings. The zero-order valence-electron chi connectivity index (χ0n) is 13.1. The molecule has 0 aromatic heterocycles. The molecule has 0 amide bonds. The minimum atomic E-state index is -0.169. The summed E-state index contributed by atoms with van der Waals surface area (Å²) in [6.07, 6.45) is 2.96. The Kier molecular flexibility index (Phi) is 8.49. The highest BCUT2D eigenvalue weighted by Crippen LogP contribution is 2.24. The van der Waals surface area contributed by atoms with E-state index in [-0.39, 0.29) is 30.1 Å². The van der Waals surface area contributed by atoms with E-state index in [0.717, 1.165) is 43.3 Å². The van der Waals surface area contributed by atoms with Crippen molar-refractivity contribution in [3.63, 3.8) is 0 Å². The fraction of sp³-hybridized carbons (Fsp3) is 0.562. The van der Waals surface area contributed by atoms with Gasteiger partial charge in [-0.15, -0.1) is 24.0 Å². The van der Waals surface area contributed by atoms with Gasteiger partial charge in [-0.05, 0) is 30.5 Å². The zero-order valence-corrected chi connectivity index (χ0v) is 16.2. The molecule has 124 valence electrons. The van der Waals surface area contributed by atoms with Crippen LogP contribution in [-0.2, 0) is 6.54 Å². The number of hydrogen-bond acceptors (Lipinski definition) is 2. The Morgan fingerprint density at radius 3 is 2.59 bits per heavy atom. The first-order valence-electron chi connectivity index (χ1n) is 7.44. The fourth-order valence-corrected chi connectivity index (χ4v) is 2.93. The molecule has 0 aliphatic heterocycles. The number of nitrogens with zero attached hydrogens (tertiary/aromatic N) is 2. The minimum absolute atomic E-state index is 0. The molecule has 0 radical (unpaired) electrons. The third-order valence-electron chi connectivity index (χ3n) is 4.05. The normalized spacial score (nSPS) is 21.4. The lowest BCUT2D eigenvalue weighted by atomic mass is 10.1. The molecule has 1 aromatic carbocycles. The standard InChI is InChI=1S/C16H24ClN3O.HI/c1-18-16(19-10-13-4-3-5-15(13)21)20(2)11-12-6-8-14(17)9-7-12;/h6-9,13,15,21H,3-5,10-11H2,1-2H3,(H,18,19);1H. The van der Waals surface area contributed by atoms with E-state index in [9.17, 15) is 5.11 Å². The van der Waals surface area contributed by atoms with Crippen molar-refractivity contribution in [3.05, 3.63) is 34.9 Å². The molecule has 1 aromatic rings. The van der Waals surface area contributed by atoms with Crippen molar-refractivity contribution < 1.29 is 5.11 Å². The highest BCUT2D eigenvalue weighted by atomic mass is 127. The molecule has 0 spiro atoms. The van der Waals surface area contributed by atoms with Crippen molar-refractivity contribution in [2.75, 3.05) is 20.6 Å². The maximum atomic E-state index is 9.87.